The van der Waals surface area contributed by atoms with E-state index >= 15 is 0 Å². The number of benzene rings is 2. The molecule has 2 amide bonds. The van der Waals surface area contributed by atoms with Crippen LogP contribution in [0.1, 0.15) is 13.3 Å². The molecule has 0 saturated carbocycles. The Morgan fingerprint density at radius 2 is 1.90 bits per heavy atom. The summed E-state index contributed by atoms with van der Waals surface area (Å²) in [6.45, 7) is 2.28. The number of para-hydroxylation sites is 2. The summed E-state index contributed by atoms with van der Waals surface area (Å²) in [5, 5.41) is 4.98. The molecule has 1 aliphatic rings. The van der Waals surface area contributed by atoms with Gasteiger partial charge in [-0.25, -0.2) is 13.2 Å². The molecular weight excluding hydrogens is 387 g/mol. The highest BCUT2D eigenvalue weighted by molar-refractivity contribution is 5.95. The molecule has 0 aliphatic carbocycles. The summed E-state index contributed by atoms with van der Waals surface area (Å²) in [6.07, 6.45) is -0.0646. The van der Waals surface area contributed by atoms with Crippen molar-refractivity contribution < 1.29 is 27.5 Å². The van der Waals surface area contributed by atoms with Crippen LogP contribution in [0.15, 0.2) is 36.4 Å². The number of hydrogen-bond acceptors (Lipinski definition) is 4. The summed E-state index contributed by atoms with van der Waals surface area (Å²) >= 11 is 0. The van der Waals surface area contributed by atoms with Crippen LogP contribution in [0.2, 0.25) is 0 Å². The first kappa shape index (κ1) is 20.5. The van der Waals surface area contributed by atoms with Gasteiger partial charge in [-0.3, -0.25) is 9.59 Å². The standard InChI is InChI=1S/C20H20F3N3O3/c1-2-9-24-20(28)16-10-26(14-5-3-4-6-15(14)29-16)11-17(27)25-13-8-7-12(21)18(22)19(13)23/h3-8,16H,2,9-11H2,1H3,(H,24,28)(H,25,27)/t16-/m1/s1. The highest BCUT2D eigenvalue weighted by Gasteiger charge is 2.31. The van der Waals surface area contributed by atoms with Crippen molar-refractivity contribution in [2.24, 2.45) is 0 Å². The molecule has 2 aromatic rings. The minimum atomic E-state index is -1.66. The molecule has 0 aromatic heterocycles. The van der Waals surface area contributed by atoms with E-state index in [-0.39, 0.29) is 19.0 Å². The third-order valence-electron chi connectivity index (χ3n) is 4.35. The fourth-order valence-corrected chi connectivity index (χ4v) is 2.94. The molecule has 154 valence electrons. The second-order valence-electron chi connectivity index (χ2n) is 6.52. The lowest BCUT2D eigenvalue weighted by molar-refractivity contribution is -0.128. The van der Waals surface area contributed by atoms with Crippen LogP contribution in [-0.4, -0.2) is 37.6 Å². The van der Waals surface area contributed by atoms with Gasteiger partial charge in [0.25, 0.3) is 5.91 Å². The summed E-state index contributed by atoms with van der Waals surface area (Å²) in [7, 11) is 0. The van der Waals surface area contributed by atoms with E-state index in [1.54, 1.807) is 29.2 Å². The Kier molecular flexibility index (Phi) is 6.26. The quantitative estimate of drug-likeness (QED) is 0.723. The minimum Gasteiger partial charge on any atom is -0.477 e. The van der Waals surface area contributed by atoms with E-state index in [9.17, 15) is 22.8 Å². The third kappa shape index (κ3) is 4.61. The first-order valence-corrected chi connectivity index (χ1v) is 9.12. The SMILES string of the molecule is CCCNC(=O)[C@H]1CN(CC(=O)Nc2ccc(F)c(F)c2F)c2ccccc2O1. The number of rotatable bonds is 6. The van der Waals surface area contributed by atoms with Gasteiger partial charge < -0.3 is 20.3 Å². The number of nitrogens with zero attached hydrogens (tertiary/aromatic N) is 1. The van der Waals surface area contributed by atoms with E-state index < -0.39 is 35.2 Å². The predicted octanol–water partition coefficient (Wildman–Crippen LogP) is 2.84. The van der Waals surface area contributed by atoms with Gasteiger partial charge in [-0.1, -0.05) is 19.1 Å². The van der Waals surface area contributed by atoms with Gasteiger partial charge in [0.05, 0.1) is 24.5 Å². The zero-order chi connectivity index (χ0) is 21.0. The van der Waals surface area contributed by atoms with Gasteiger partial charge in [0.15, 0.2) is 23.6 Å². The number of hydrogen-bond donors (Lipinski definition) is 2. The molecule has 29 heavy (non-hydrogen) atoms. The molecule has 0 unspecified atom stereocenters. The van der Waals surface area contributed by atoms with Crippen molar-refractivity contribution in [3.05, 3.63) is 53.8 Å². The van der Waals surface area contributed by atoms with Crippen LogP contribution in [0.4, 0.5) is 24.5 Å². The van der Waals surface area contributed by atoms with Gasteiger partial charge >= 0.3 is 0 Å². The lowest BCUT2D eigenvalue weighted by atomic mass is 10.1. The molecule has 0 fully saturated rings. The maximum absolute atomic E-state index is 13.8. The van der Waals surface area contributed by atoms with E-state index in [2.05, 4.69) is 10.6 Å². The van der Waals surface area contributed by atoms with Crippen LogP contribution < -0.4 is 20.3 Å². The highest BCUT2D eigenvalue weighted by Crippen LogP contribution is 2.33. The van der Waals surface area contributed by atoms with Crippen molar-refractivity contribution >= 4 is 23.2 Å². The zero-order valence-corrected chi connectivity index (χ0v) is 15.7. The number of nitrogens with one attached hydrogen (secondary N) is 2. The number of anilines is 2. The Morgan fingerprint density at radius 1 is 1.14 bits per heavy atom. The van der Waals surface area contributed by atoms with Crippen molar-refractivity contribution in [3.8, 4) is 5.75 Å². The first-order valence-electron chi connectivity index (χ1n) is 9.12. The molecule has 1 heterocycles. The normalized spacial score (nSPS) is 15.3. The summed E-state index contributed by atoms with van der Waals surface area (Å²) in [4.78, 5) is 26.3. The number of halogens is 3. The first-order chi connectivity index (χ1) is 13.9. The summed E-state index contributed by atoms with van der Waals surface area (Å²) in [5.41, 5.74) is 0.126. The van der Waals surface area contributed by atoms with Crippen LogP contribution in [0.25, 0.3) is 0 Å². The predicted molar refractivity (Wildman–Crippen MR) is 101 cm³/mol. The Morgan fingerprint density at radius 3 is 2.66 bits per heavy atom. The van der Waals surface area contributed by atoms with E-state index in [1.165, 1.54) is 0 Å². The lowest BCUT2D eigenvalue weighted by Crippen LogP contribution is -2.50. The van der Waals surface area contributed by atoms with Gasteiger partial charge in [-0.15, -0.1) is 0 Å². The fourth-order valence-electron chi connectivity index (χ4n) is 2.94. The maximum Gasteiger partial charge on any atom is 0.262 e. The van der Waals surface area contributed by atoms with E-state index in [1.807, 2.05) is 6.92 Å². The molecule has 0 radical (unpaired) electrons. The molecule has 1 atom stereocenters. The van der Waals surface area contributed by atoms with E-state index in [0.717, 1.165) is 18.6 Å². The summed E-state index contributed by atoms with van der Waals surface area (Å²) < 4.78 is 46.0. The number of fused-ring (bicyclic) bond motifs is 1. The van der Waals surface area contributed by atoms with Gasteiger partial charge in [0.1, 0.15) is 5.75 Å². The fraction of sp³-hybridized carbons (Fsp3) is 0.300. The van der Waals surface area contributed by atoms with Gasteiger partial charge in [0, 0.05) is 6.54 Å². The molecule has 3 rings (SSSR count). The number of ether oxygens (including phenoxy) is 1. The minimum absolute atomic E-state index is 0.0975. The van der Waals surface area contributed by atoms with Crippen LogP contribution in [-0.2, 0) is 9.59 Å². The molecule has 2 aromatic carbocycles. The van der Waals surface area contributed by atoms with Crippen molar-refractivity contribution in [1.82, 2.24) is 5.32 Å². The van der Waals surface area contributed by atoms with Crippen molar-refractivity contribution in [3.63, 3.8) is 0 Å². The lowest BCUT2D eigenvalue weighted by Gasteiger charge is -2.35. The average molecular weight is 407 g/mol. The highest BCUT2D eigenvalue weighted by atomic mass is 19.2. The van der Waals surface area contributed by atoms with Crippen LogP contribution in [0, 0.1) is 17.5 Å². The van der Waals surface area contributed by atoms with Crippen LogP contribution >= 0.6 is 0 Å². The van der Waals surface area contributed by atoms with Crippen LogP contribution in [0.3, 0.4) is 0 Å². The summed E-state index contributed by atoms with van der Waals surface area (Å²) in [5.74, 6) is -5.01. The van der Waals surface area contributed by atoms with E-state index in [4.69, 9.17) is 4.74 Å². The van der Waals surface area contributed by atoms with E-state index in [0.29, 0.717) is 18.0 Å². The Balaban J connectivity index is 1.75. The molecule has 6 nitrogen and oxygen atoms in total. The molecule has 0 bridgehead atoms. The third-order valence-corrected chi connectivity index (χ3v) is 4.35. The maximum atomic E-state index is 13.8. The molecule has 2 N–H and O–H groups in total. The number of carbonyl (C=O) groups is 2. The Labute approximate surface area is 165 Å². The Bertz CT molecular complexity index is 923. The topological polar surface area (TPSA) is 70.7 Å². The second-order valence-corrected chi connectivity index (χ2v) is 6.52. The van der Waals surface area contributed by atoms with Gasteiger partial charge in [0.2, 0.25) is 5.91 Å². The van der Waals surface area contributed by atoms with Crippen molar-refractivity contribution in [2.75, 3.05) is 29.9 Å². The van der Waals surface area contributed by atoms with Crippen LogP contribution in [0.5, 0.6) is 5.75 Å². The zero-order valence-electron chi connectivity index (χ0n) is 15.7. The van der Waals surface area contributed by atoms with Gasteiger partial charge in [-0.05, 0) is 30.7 Å². The average Bonchev–Trinajstić information content (AvgIpc) is 2.72. The van der Waals surface area contributed by atoms with Crippen molar-refractivity contribution in [2.45, 2.75) is 19.4 Å². The molecule has 1 aliphatic heterocycles. The molecule has 9 heteroatoms. The smallest absolute Gasteiger partial charge is 0.262 e. The summed E-state index contributed by atoms with van der Waals surface area (Å²) in [6, 6.07) is 8.56. The molecule has 0 spiro atoms. The Hall–Kier alpha value is -3.23. The monoisotopic (exact) mass is 407 g/mol. The second kappa shape index (κ2) is 8.85. The number of amides is 2. The van der Waals surface area contributed by atoms with Crippen molar-refractivity contribution in [1.29, 1.82) is 0 Å². The van der Waals surface area contributed by atoms with Gasteiger partial charge in [-0.2, -0.15) is 0 Å². The number of carbonyl (C=O) groups excluding carboxylic acids is 2. The molecular formula is C20H20F3N3O3. The molecule has 0 saturated heterocycles. The largest absolute Gasteiger partial charge is 0.477 e.